The standard InChI is InChI=1S/C15H24N4O2/c1-12(8-18-6-5-16-11-18)17-15(20)19(14-2-3-14)9-13-4-7-21-10-13/h5-6,11-14H,2-4,7-10H2,1H3,(H,17,20)/t12-,13-/m1/s1. The van der Waals surface area contributed by atoms with Gasteiger partial charge in [-0.15, -0.1) is 0 Å². The van der Waals surface area contributed by atoms with Crippen LogP contribution in [0.25, 0.3) is 0 Å². The summed E-state index contributed by atoms with van der Waals surface area (Å²) in [5.41, 5.74) is 0. The predicted octanol–water partition coefficient (Wildman–Crippen LogP) is 1.48. The van der Waals surface area contributed by atoms with E-state index in [2.05, 4.69) is 10.3 Å². The Morgan fingerprint density at radius 3 is 3.00 bits per heavy atom. The van der Waals surface area contributed by atoms with Gasteiger partial charge in [-0.05, 0) is 26.2 Å². The molecule has 0 spiro atoms. The number of urea groups is 1. The number of carbonyl (C=O) groups is 1. The Morgan fingerprint density at radius 1 is 1.52 bits per heavy atom. The van der Waals surface area contributed by atoms with Gasteiger partial charge < -0.3 is 19.5 Å². The van der Waals surface area contributed by atoms with Gasteiger partial charge in [-0.3, -0.25) is 0 Å². The molecule has 6 nitrogen and oxygen atoms in total. The van der Waals surface area contributed by atoms with Gasteiger partial charge in [-0.2, -0.15) is 0 Å². The lowest BCUT2D eigenvalue weighted by Gasteiger charge is -2.27. The fourth-order valence-electron chi connectivity index (χ4n) is 2.84. The maximum absolute atomic E-state index is 12.5. The first-order chi connectivity index (χ1) is 10.2. The van der Waals surface area contributed by atoms with Crippen LogP contribution in [0.5, 0.6) is 0 Å². The van der Waals surface area contributed by atoms with E-state index in [0.29, 0.717) is 12.0 Å². The van der Waals surface area contributed by atoms with Crippen LogP contribution < -0.4 is 5.32 Å². The lowest BCUT2D eigenvalue weighted by atomic mass is 10.1. The zero-order valence-corrected chi connectivity index (χ0v) is 12.6. The van der Waals surface area contributed by atoms with Crippen molar-refractivity contribution in [2.24, 2.45) is 5.92 Å². The Hall–Kier alpha value is -1.56. The van der Waals surface area contributed by atoms with E-state index in [1.165, 1.54) is 0 Å². The minimum Gasteiger partial charge on any atom is -0.381 e. The maximum atomic E-state index is 12.5. The lowest BCUT2D eigenvalue weighted by molar-refractivity contribution is 0.160. The Kier molecular flexibility index (Phi) is 4.43. The molecule has 2 atom stereocenters. The third-order valence-corrected chi connectivity index (χ3v) is 4.14. The number of amides is 2. The number of ether oxygens (including phenoxy) is 1. The zero-order chi connectivity index (χ0) is 14.7. The number of hydrogen-bond acceptors (Lipinski definition) is 3. The maximum Gasteiger partial charge on any atom is 0.317 e. The van der Waals surface area contributed by atoms with Crippen molar-refractivity contribution in [1.82, 2.24) is 19.8 Å². The van der Waals surface area contributed by atoms with E-state index < -0.39 is 0 Å². The number of aromatic nitrogens is 2. The van der Waals surface area contributed by atoms with Gasteiger partial charge in [0.05, 0.1) is 12.9 Å². The van der Waals surface area contributed by atoms with Crippen LogP contribution >= 0.6 is 0 Å². The van der Waals surface area contributed by atoms with Gasteiger partial charge in [-0.25, -0.2) is 9.78 Å². The molecule has 2 amide bonds. The van der Waals surface area contributed by atoms with E-state index in [4.69, 9.17) is 4.74 Å². The average molecular weight is 292 g/mol. The van der Waals surface area contributed by atoms with E-state index in [1.54, 1.807) is 12.5 Å². The van der Waals surface area contributed by atoms with Crippen LogP contribution in [0, 0.1) is 5.92 Å². The molecule has 2 fully saturated rings. The van der Waals surface area contributed by atoms with E-state index in [9.17, 15) is 4.79 Å². The van der Waals surface area contributed by atoms with Crippen molar-refractivity contribution in [3.05, 3.63) is 18.7 Å². The van der Waals surface area contributed by atoms with Gasteiger partial charge in [-0.1, -0.05) is 0 Å². The number of carbonyl (C=O) groups excluding carboxylic acids is 1. The second-order valence-corrected chi connectivity index (χ2v) is 6.22. The second-order valence-electron chi connectivity index (χ2n) is 6.22. The van der Waals surface area contributed by atoms with Crippen LogP contribution in [-0.4, -0.2) is 52.3 Å². The van der Waals surface area contributed by atoms with Crippen molar-refractivity contribution in [2.45, 2.75) is 44.8 Å². The first-order valence-electron chi connectivity index (χ1n) is 7.83. The highest BCUT2D eigenvalue weighted by atomic mass is 16.5. The summed E-state index contributed by atoms with van der Waals surface area (Å²) >= 11 is 0. The Labute approximate surface area is 125 Å². The Morgan fingerprint density at radius 2 is 2.38 bits per heavy atom. The van der Waals surface area contributed by atoms with Gasteiger partial charge in [0.15, 0.2) is 0 Å². The minimum absolute atomic E-state index is 0.0667. The van der Waals surface area contributed by atoms with Crippen LogP contribution in [0.15, 0.2) is 18.7 Å². The summed E-state index contributed by atoms with van der Waals surface area (Å²) < 4.78 is 7.40. The van der Waals surface area contributed by atoms with E-state index >= 15 is 0 Å². The largest absolute Gasteiger partial charge is 0.381 e. The summed E-state index contributed by atoms with van der Waals surface area (Å²) in [6.07, 6.45) is 8.79. The van der Waals surface area contributed by atoms with Crippen LogP contribution in [0.4, 0.5) is 4.79 Å². The monoisotopic (exact) mass is 292 g/mol. The smallest absolute Gasteiger partial charge is 0.317 e. The number of hydrogen-bond donors (Lipinski definition) is 1. The molecule has 1 aliphatic heterocycles. The quantitative estimate of drug-likeness (QED) is 0.864. The highest BCUT2D eigenvalue weighted by Crippen LogP contribution is 2.29. The molecule has 1 aromatic heterocycles. The van der Waals surface area contributed by atoms with E-state index in [-0.39, 0.29) is 12.1 Å². The SMILES string of the molecule is C[C@H](Cn1ccnc1)NC(=O)N(C[C@H]1CCOC1)C1CC1. The Bertz CT molecular complexity index is 452. The number of imidazole rings is 1. The summed E-state index contributed by atoms with van der Waals surface area (Å²) in [7, 11) is 0. The zero-order valence-electron chi connectivity index (χ0n) is 12.6. The fraction of sp³-hybridized carbons (Fsp3) is 0.733. The van der Waals surface area contributed by atoms with Crippen molar-refractivity contribution >= 4 is 6.03 Å². The molecule has 1 saturated carbocycles. The number of rotatable bonds is 6. The summed E-state index contributed by atoms with van der Waals surface area (Å²) in [6, 6.07) is 0.593. The van der Waals surface area contributed by atoms with E-state index in [0.717, 1.165) is 45.6 Å². The molecule has 116 valence electrons. The third-order valence-electron chi connectivity index (χ3n) is 4.14. The lowest BCUT2D eigenvalue weighted by Crippen LogP contribution is -2.47. The molecule has 6 heteroatoms. The van der Waals surface area contributed by atoms with Crippen molar-refractivity contribution in [1.29, 1.82) is 0 Å². The molecule has 0 aromatic carbocycles. The molecule has 21 heavy (non-hydrogen) atoms. The normalized spacial score (nSPS) is 23.0. The molecule has 1 saturated heterocycles. The van der Waals surface area contributed by atoms with Crippen molar-refractivity contribution in [3.63, 3.8) is 0 Å². The molecular formula is C15H24N4O2. The Balaban J connectivity index is 1.51. The third kappa shape index (κ3) is 3.97. The molecule has 0 unspecified atom stereocenters. The molecule has 0 bridgehead atoms. The highest BCUT2D eigenvalue weighted by Gasteiger charge is 2.35. The molecule has 3 rings (SSSR count). The summed E-state index contributed by atoms with van der Waals surface area (Å²) in [5, 5.41) is 3.11. The van der Waals surface area contributed by atoms with E-state index in [1.807, 2.05) is 22.6 Å². The molecule has 2 heterocycles. The van der Waals surface area contributed by atoms with Crippen molar-refractivity contribution < 1.29 is 9.53 Å². The topological polar surface area (TPSA) is 59.4 Å². The van der Waals surface area contributed by atoms with Gasteiger partial charge in [0.1, 0.15) is 0 Å². The first-order valence-corrected chi connectivity index (χ1v) is 7.83. The predicted molar refractivity (Wildman–Crippen MR) is 78.9 cm³/mol. The molecule has 1 aliphatic carbocycles. The molecule has 0 radical (unpaired) electrons. The van der Waals surface area contributed by atoms with Crippen LogP contribution in [0.2, 0.25) is 0 Å². The molecular weight excluding hydrogens is 268 g/mol. The minimum atomic E-state index is 0.0667. The second kappa shape index (κ2) is 6.47. The number of nitrogens with zero attached hydrogens (tertiary/aromatic N) is 3. The van der Waals surface area contributed by atoms with Crippen molar-refractivity contribution in [3.8, 4) is 0 Å². The van der Waals surface area contributed by atoms with Gasteiger partial charge in [0.2, 0.25) is 0 Å². The average Bonchev–Trinajstić information content (AvgIpc) is 2.94. The van der Waals surface area contributed by atoms with Gasteiger partial charge in [0.25, 0.3) is 0 Å². The van der Waals surface area contributed by atoms with Crippen molar-refractivity contribution in [2.75, 3.05) is 19.8 Å². The molecule has 1 N–H and O–H groups in total. The van der Waals surface area contributed by atoms with Crippen LogP contribution in [0.3, 0.4) is 0 Å². The summed E-state index contributed by atoms with van der Waals surface area (Å²) in [5.74, 6) is 0.500. The summed E-state index contributed by atoms with van der Waals surface area (Å²) in [6.45, 7) is 5.23. The number of nitrogens with one attached hydrogen (secondary N) is 1. The van der Waals surface area contributed by atoms with Gasteiger partial charge in [0, 0.05) is 50.1 Å². The molecule has 2 aliphatic rings. The highest BCUT2D eigenvalue weighted by molar-refractivity contribution is 5.75. The van der Waals surface area contributed by atoms with Crippen LogP contribution in [0.1, 0.15) is 26.2 Å². The summed E-state index contributed by atoms with van der Waals surface area (Å²) in [4.78, 5) is 18.5. The first kappa shape index (κ1) is 14.4. The van der Waals surface area contributed by atoms with Crippen LogP contribution in [-0.2, 0) is 11.3 Å². The van der Waals surface area contributed by atoms with Gasteiger partial charge >= 0.3 is 6.03 Å². The molecule has 1 aromatic rings. The fourth-order valence-corrected chi connectivity index (χ4v) is 2.84.